The molecule has 0 spiro atoms. The Labute approximate surface area is 169 Å². The summed E-state index contributed by atoms with van der Waals surface area (Å²) < 4.78 is 0. The third-order valence-corrected chi connectivity index (χ3v) is 5.90. The number of aryl methyl sites for hydroxylation is 1. The summed E-state index contributed by atoms with van der Waals surface area (Å²) in [6, 6.07) is 7.59. The number of rotatable bonds is 8. The number of hydrogen-bond donors (Lipinski definition) is 2. The van der Waals surface area contributed by atoms with Crippen LogP contribution in [-0.2, 0) is 4.79 Å². The van der Waals surface area contributed by atoms with Crippen molar-refractivity contribution in [3.63, 3.8) is 0 Å². The van der Waals surface area contributed by atoms with Crippen LogP contribution >= 0.6 is 0 Å². The molecule has 1 aromatic carbocycles. The van der Waals surface area contributed by atoms with Gasteiger partial charge in [0.15, 0.2) is 0 Å². The molecule has 2 N–H and O–H groups in total. The summed E-state index contributed by atoms with van der Waals surface area (Å²) >= 11 is 0. The molecule has 0 bridgehead atoms. The molecule has 3 rings (SSSR count). The Morgan fingerprint density at radius 2 is 1.79 bits per heavy atom. The summed E-state index contributed by atoms with van der Waals surface area (Å²) in [5.41, 5.74) is 1.57. The van der Waals surface area contributed by atoms with E-state index in [0.29, 0.717) is 23.9 Å². The fourth-order valence-corrected chi connectivity index (χ4v) is 3.94. The summed E-state index contributed by atoms with van der Waals surface area (Å²) in [6.45, 7) is 8.78. The van der Waals surface area contributed by atoms with E-state index in [4.69, 9.17) is 0 Å². The van der Waals surface area contributed by atoms with Gasteiger partial charge in [0.2, 0.25) is 5.91 Å². The fourth-order valence-electron chi connectivity index (χ4n) is 3.94. The molecule has 2 fully saturated rings. The lowest BCUT2D eigenvalue weighted by atomic mass is 9.99. The van der Waals surface area contributed by atoms with Gasteiger partial charge in [0, 0.05) is 24.7 Å². The van der Waals surface area contributed by atoms with E-state index in [-0.39, 0.29) is 11.8 Å². The molecular formula is C23H35N3O2. The Morgan fingerprint density at radius 3 is 2.39 bits per heavy atom. The van der Waals surface area contributed by atoms with E-state index in [1.54, 1.807) is 0 Å². The topological polar surface area (TPSA) is 61.4 Å². The molecule has 2 amide bonds. The number of nitrogens with zero attached hydrogens (tertiary/aromatic N) is 1. The van der Waals surface area contributed by atoms with Crippen LogP contribution < -0.4 is 10.6 Å². The Bertz CT molecular complexity index is 676. The van der Waals surface area contributed by atoms with E-state index in [2.05, 4.69) is 24.5 Å². The number of benzene rings is 1. The minimum Gasteiger partial charge on any atom is -0.341 e. The predicted molar refractivity (Wildman–Crippen MR) is 112 cm³/mol. The van der Waals surface area contributed by atoms with Crippen molar-refractivity contribution in [1.29, 1.82) is 0 Å². The van der Waals surface area contributed by atoms with Gasteiger partial charge in [-0.1, -0.05) is 32.0 Å². The number of nitrogens with one attached hydrogen (secondary N) is 2. The van der Waals surface area contributed by atoms with E-state index in [1.165, 1.54) is 12.8 Å². The van der Waals surface area contributed by atoms with Gasteiger partial charge in [0.05, 0.1) is 0 Å². The number of hydrogen-bond acceptors (Lipinski definition) is 3. The zero-order valence-corrected chi connectivity index (χ0v) is 17.5. The van der Waals surface area contributed by atoms with Gasteiger partial charge in [-0.15, -0.1) is 0 Å². The van der Waals surface area contributed by atoms with Gasteiger partial charge in [-0.3, -0.25) is 9.59 Å². The molecule has 1 saturated heterocycles. The first kappa shape index (κ1) is 20.8. The Balaban J connectivity index is 1.57. The SMILES string of the molecule is Cc1ccccc1C(=O)NC(CC(C)C)C(=O)N1CCC(NCC2CC2)CC1. The standard InChI is InChI=1S/C23H35N3O2/c1-16(2)14-21(25-22(27)20-7-5-4-6-17(20)3)23(28)26-12-10-19(11-13-26)24-15-18-8-9-18/h4-7,16,18-19,21,24H,8-15H2,1-3H3,(H,25,27). The van der Waals surface area contributed by atoms with Crippen LogP contribution in [0.4, 0.5) is 0 Å². The van der Waals surface area contributed by atoms with Crippen molar-refractivity contribution in [2.75, 3.05) is 19.6 Å². The quantitative estimate of drug-likeness (QED) is 0.723. The maximum absolute atomic E-state index is 13.2. The third-order valence-electron chi connectivity index (χ3n) is 5.90. The number of piperidine rings is 1. The van der Waals surface area contributed by atoms with Crippen molar-refractivity contribution in [2.45, 2.75) is 65.0 Å². The van der Waals surface area contributed by atoms with Crippen LogP contribution in [0.1, 0.15) is 61.9 Å². The second-order valence-corrected chi connectivity index (χ2v) is 8.92. The van der Waals surface area contributed by atoms with Crippen molar-refractivity contribution in [3.8, 4) is 0 Å². The summed E-state index contributed by atoms with van der Waals surface area (Å²) in [5, 5.41) is 6.67. The highest BCUT2D eigenvalue weighted by atomic mass is 16.2. The van der Waals surface area contributed by atoms with E-state index in [1.807, 2.05) is 36.1 Å². The number of likely N-dealkylation sites (tertiary alicyclic amines) is 1. The molecule has 0 radical (unpaired) electrons. The first-order valence-corrected chi connectivity index (χ1v) is 10.8. The molecule has 28 heavy (non-hydrogen) atoms. The molecule has 1 aliphatic carbocycles. The lowest BCUT2D eigenvalue weighted by Gasteiger charge is -2.35. The van der Waals surface area contributed by atoms with E-state index in [0.717, 1.165) is 44.0 Å². The van der Waals surface area contributed by atoms with Crippen molar-refractivity contribution >= 4 is 11.8 Å². The monoisotopic (exact) mass is 385 g/mol. The van der Waals surface area contributed by atoms with E-state index < -0.39 is 6.04 Å². The average Bonchev–Trinajstić information content (AvgIpc) is 3.50. The number of carbonyl (C=O) groups excluding carboxylic acids is 2. The van der Waals surface area contributed by atoms with Crippen molar-refractivity contribution < 1.29 is 9.59 Å². The Hall–Kier alpha value is -1.88. The predicted octanol–water partition coefficient (Wildman–Crippen LogP) is 3.13. The second-order valence-electron chi connectivity index (χ2n) is 8.92. The minimum atomic E-state index is -0.455. The largest absolute Gasteiger partial charge is 0.341 e. The Morgan fingerprint density at radius 1 is 1.11 bits per heavy atom. The highest BCUT2D eigenvalue weighted by Crippen LogP contribution is 2.28. The van der Waals surface area contributed by atoms with Crippen LogP contribution in [-0.4, -0.2) is 48.4 Å². The van der Waals surface area contributed by atoms with Crippen molar-refractivity contribution in [3.05, 3.63) is 35.4 Å². The summed E-state index contributed by atoms with van der Waals surface area (Å²) in [5.74, 6) is 1.13. The molecule has 1 saturated carbocycles. The molecule has 1 atom stereocenters. The molecule has 2 aliphatic rings. The molecule has 5 heteroatoms. The number of amides is 2. The van der Waals surface area contributed by atoms with Gasteiger partial charge >= 0.3 is 0 Å². The van der Waals surface area contributed by atoms with Crippen LogP contribution in [0, 0.1) is 18.8 Å². The average molecular weight is 386 g/mol. The van der Waals surface area contributed by atoms with Gasteiger partial charge in [-0.25, -0.2) is 0 Å². The van der Waals surface area contributed by atoms with E-state index >= 15 is 0 Å². The summed E-state index contributed by atoms with van der Waals surface area (Å²) in [7, 11) is 0. The lowest BCUT2D eigenvalue weighted by Crippen LogP contribution is -2.53. The zero-order valence-electron chi connectivity index (χ0n) is 17.5. The highest BCUT2D eigenvalue weighted by molar-refractivity contribution is 5.98. The highest BCUT2D eigenvalue weighted by Gasteiger charge is 2.31. The van der Waals surface area contributed by atoms with Crippen LogP contribution in [0.25, 0.3) is 0 Å². The van der Waals surface area contributed by atoms with Gasteiger partial charge in [-0.2, -0.15) is 0 Å². The van der Waals surface area contributed by atoms with Crippen LogP contribution in [0.15, 0.2) is 24.3 Å². The van der Waals surface area contributed by atoms with E-state index in [9.17, 15) is 9.59 Å². The van der Waals surface area contributed by atoms with Gasteiger partial charge < -0.3 is 15.5 Å². The smallest absolute Gasteiger partial charge is 0.252 e. The van der Waals surface area contributed by atoms with Gasteiger partial charge in [0.1, 0.15) is 6.04 Å². The zero-order chi connectivity index (χ0) is 20.1. The summed E-state index contributed by atoms with van der Waals surface area (Å²) in [6.07, 6.45) is 5.39. The van der Waals surface area contributed by atoms with Crippen LogP contribution in [0.5, 0.6) is 0 Å². The fraction of sp³-hybridized carbons (Fsp3) is 0.652. The molecule has 1 unspecified atom stereocenters. The third kappa shape index (κ3) is 5.81. The van der Waals surface area contributed by atoms with Crippen molar-refractivity contribution in [2.24, 2.45) is 11.8 Å². The Kier molecular flexibility index (Phi) is 7.11. The van der Waals surface area contributed by atoms with Gasteiger partial charge in [0.25, 0.3) is 5.91 Å². The molecule has 1 aromatic rings. The van der Waals surface area contributed by atoms with Crippen molar-refractivity contribution in [1.82, 2.24) is 15.5 Å². The number of carbonyl (C=O) groups is 2. The minimum absolute atomic E-state index is 0.0660. The molecule has 1 heterocycles. The second kappa shape index (κ2) is 9.55. The lowest BCUT2D eigenvalue weighted by molar-refractivity contribution is -0.134. The van der Waals surface area contributed by atoms with Gasteiger partial charge in [-0.05, 0) is 69.0 Å². The molecular weight excluding hydrogens is 350 g/mol. The normalized spacial score (nSPS) is 18.9. The van der Waals surface area contributed by atoms with Crippen LogP contribution in [0.3, 0.4) is 0 Å². The maximum atomic E-state index is 13.2. The first-order chi connectivity index (χ1) is 13.4. The molecule has 154 valence electrons. The molecule has 0 aromatic heterocycles. The molecule has 5 nitrogen and oxygen atoms in total. The maximum Gasteiger partial charge on any atom is 0.252 e. The first-order valence-electron chi connectivity index (χ1n) is 10.8. The summed E-state index contributed by atoms with van der Waals surface area (Å²) in [4.78, 5) is 27.9. The van der Waals surface area contributed by atoms with Crippen LogP contribution in [0.2, 0.25) is 0 Å². The molecule has 1 aliphatic heterocycles.